The Labute approximate surface area is 173 Å². The second-order valence-electron chi connectivity index (χ2n) is 6.14. The van der Waals surface area contributed by atoms with E-state index in [2.05, 4.69) is 36.4 Å². The average Bonchev–Trinajstić information content (AvgIpc) is 3.30. The maximum Gasteiger partial charge on any atom is 0.277 e. The number of carbonyl (C=O) groups is 1. The van der Waals surface area contributed by atoms with Crippen LogP contribution in [0, 0.1) is 6.92 Å². The number of carbonyl (C=O) groups excluding carboxylic acids is 1. The van der Waals surface area contributed by atoms with Gasteiger partial charge in [0.05, 0.1) is 28.8 Å². The van der Waals surface area contributed by atoms with Crippen LogP contribution in [0.4, 0.5) is 5.69 Å². The molecule has 1 N–H and O–H groups in total. The van der Waals surface area contributed by atoms with E-state index in [1.54, 1.807) is 6.33 Å². The molecule has 28 heavy (non-hydrogen) atoms. The van der Waals surface area contributed by atoms with Gasteiger partial charge >= 0.3 is 0 Å². The highest BCUT2D eigenvalue weighted by Crippen LogP contribution is 2.24. The summed E-state index contributed by atoms with van der Waals surface area (Å²) in [6.07, 6.45) is 1.74. The highest BCUT2D eigenvalue weighted by atomic mass is 79.9. The number of amides is 1. The number of para-hydroxylation sites is 2. The van der Waals surface area contributed by atoms with Gasteiger partial charge in [0.15, 0.2) is 0 Å². The Kier molecular flexibility index (Phi) is 5.45. The molecule has 0 fully saturated rings. The normalized spacial score (nSPS) is 11.1. The first-order valence-corrected chi connectivity index (χ1v) is 10.3. The van der Waals surface area contributed by atoms with Crippen molar-refractivity contribution in [3.63, 3.8) is 0 Å². The Morgan fingerprint density at radius 2 is 2.11 bits per heavy atom. The van der Waals surface area contributed by atoms with Crippen LogP contribution in [0.3, 0.4) is 0 Å². The van der Waals surface area contributed by atoms with Crippen LogP contribution in [0.25, 0.3) is 11.0 Å². The Hall–Kier alpha value is -2.65. The molecule has 0 saturated heterocycles. The second kappa shape index (κ2) is 8.15. The van der Waals surface area contributed by atoms with E-state index < -0.39 is 0 Å². The van der Waals surface area contributed by atoms with Gasteiger partial charge < -0.3 is 14.3 Å². The summed E-state index contributed by atoms with van der Waals surface area (Å²) < 4.78 is 8.44. The third-order valence-corrected chi connectivity index (χ3v) is 5.48. The van der Waals surface area contributed by atoms with Gasteiger partial charge in [-0.25, -0.2) is 4.98 Å². The zero-order valence-corrected chi connectivity index (χ0v) is 17.3. The Bertz CT molecular complexity index is 1140. The molecule has 0 radical (unpaired) electrons. The van der Waals surface area contributed by atoms with Crippen LogP contribution in [-0.4, -0.2) is 31.4 Å². The zero-order valence-electron chi connectivity index (χ0n) is 14.9. The molecule has 7 nitrogen and oxygen atoms in total. The minimum Gasteiger partial charge on any atom is -0.414 e. The highest BCUT2D eigenvalue weighted by molar-refractivity contribution is 9.10. The van der Waals surface area contributed by atoms with E-state index in [0.717, 1.165) is 26.8 Å². The van der Waals surface area contributed by atoms with Gasteiger partial charge in [0.1, 0.15) is 6.54 Å². The van der Waals surface area contributed by atoms with Crippen LogP contribution in [0.15, 0.2) is 62.9 Å². The van der Waals surface area contributed by atoms with Gasteiger partial charge in [0.2, 0.25) is 11.8 Å². The van der Waals surface area contributed by atoms with E-state index in [9.17, 15) is 4.79 Å². The van der Waals surface area contributed by atoms with Crippen molar-refractivity contribution < 1.29 is 9.21 Å². The molecule has 0 aliphatic rings. The van der Waals surface area contributed by atoms with E-state index in [0.29, 0.717) is 17.7 Å². The first kappa shape index (κ1) is 18.7. The number of aryl methyl sites for hydroxylation is 1. The number of benzene rings is 2. The number of hydrogen-bond acceptors (Lipinski definition) is 6. The van der Waals surface area contributed by atoms with E-state index in [1.165, 1.54) is 11.8 Å². The van der Waals surface area contributed by atoms with Crippen LogP contribution < -0.4 is 5.32 Å². The van der Waals surface area contributed by atoms with E-state index in [4.69, 9.17) is 4.42 Å². The number of halogens is 1. The fourth-order valence-corrected chi connectivity index (χ4v) is 3.85. The van der Waals surface area contributed by atoms with Gasteiger partial charge in [0.25, 0.3) is 5.22 Å². The van der Waals surface area contributed by atoms with Crippen molar-refractivity contribution in [2.45, 2.75) is 18.7 Å². The van der Waals surface area contributed by atoms with Crippen molar-refractivity contribution in [2.24, 2.45) is 0 Å². The molecule has 0 atom stereocenters. The van der Waals surface area contributed by atoms with Gasteiger partial charge in [-0.1, -0.05) is 30.0 Å². The Morgan fingerprint density at radius 1 is 1.25 bits per heavy atom. The lowest BCUT2D eigenvalue weighted by atomic mass is 10.2. The van der Waals surface area contributed by atoms with E-state index >= 15 is 0 Å². The topological polar surface area (TPSA) is 85.8 Å². The molecule has 2 heterocycles. The predicted molar refractivity (Wildman–Crippen MR) is 111 cm³/mol. The molecular formula is C19H16BrN5O2S. The van der Waals surface area contributed by atoms with Crippen LogP contribution in [0.1, 0.15) is 11.5 Å². The summed E-state index contributed by atoms with van der Waals surface area (Å²) in [6, 6.07) is 13.6. The SMILES string of the molecule is Cc1ccc(NC(=O)CSc2nnc(Cn3cnc4ccccc43)o2)c(Br)c1. The maximum absolute atomic E-state index is 12.2. The summed E-state index contributed by atoms with van der Waals surface area (Å²) in [5.41, 5.74) is 3.76. The van der Waals surface area contributed by atoms with Gasteiger partial charge in [-0.2, -0.15) is 0 Å². The summed E-state index contributed by atoms with van der Waals surface area (Å²) in [7, 11) is 0. The minimum atomic E-state index is -0.144. The molecule has 9 heteroatoms. The van der Waals surface area contributed by atoms with Crippen molar-refractivity contribution in [3.8, 4) is 0 Å². The smallest absolute Gasteiger partial charge is 0.277 e. The maximum atomic E-state index is 12.2. The van der Waals surface area contributed by atoms with Gasteiger partial charge in [-0.15, -0.1) is 10.2 Å². The number of thioether (sulfide) groups is 1. The lowest BCUT2D eigenvalue weighted by Gasteiger charge is -2.07. The number of fused-ring (bicyclic) bond motifs is 1. The van der Waals surface area contributed by atoms with E-state index in [1.807, 2.05) is 54.0 Å². The summed E-state index contributed by atoms with van der Waals surface area (Å²) in [4.78, 5) is 16.5. The lowest BCUT2D eigenvalue weighted by Crippen LogP contribution is -2.14. The molecule has 1 amide bonds. The molecule has 2 aromatic carbocycles. The lowest BCUT2D eigenvalue weighted by molar-refractivity contribution is -0.113. The number of aromatic nitrogens is 4. The van der Waals surface area contributed by atoms with Crippen LogP contribution in [0.2, 0.25) is 0 Å². The summed E-state index contributed by atoms with van der Waals surface area (Å²) in [5, 5.41) is 11.3. The number of hydrogen-bond donors (Lipinski definition) is 1. The standard InChI is InChI=1S/C19H16BrN5O2S/c1-12-6-7-14(13(20)8-12)22-17(26)10-28-19-24-23-18(27-19)9-25-11-21-15-4-2-3-5-16(15)25/h2-8,11H,9-10H2,1H3,(H,22,26). The first-order chi connectivity index (χ1) is 13.6. The van der Waals surface area contributed by atoms with Crippen molar-refractivity contribution in [3.05, 3.63) is 64.7 Å². The van der Waals surface area contributed by atoms with Crippen LogP contribution >= 0.6 is 27.7 Å². The first-order valence-electron chi connectivity index (χ1n) is 8.49. The largest absolute Gasteiger partial charge is 0.414 e. The monoisotopic (exact) mass is 457 g/mol. The molecular weight excluding hydrogens is 442 g/mol. The fraction of sp³-hybridized carbons (Fsp3) is 0.158. The molecule has 142 valence electrons. The molecule has 0 bridgehead atoms. The third-order valence-electron chi connectivity index (χ3n) is 4.01. The second-order valence-corrected chi connectivity index (χ2v) is 7.92. The number of anilines is 1. The van der Waals surface area contributed by atoms with Crippen LogP contribution in [-0.2, 0) is 11.3 Å². The quantitative estimate of drug-likeness (QED) is 0.435. The van der Waals surface area contributed by atoms with Crippen molar-refractivity contribution in [1.82, 2.24) is 19.7 Å². The zero-order chi connectivity index (χ0) is 19.5. The van der Waals surface area contributed by atoms with Crippen molar-refractivity contribution in [2.75, 3.05) is 11.1 Å². The summed E-state index contributed by atoms with van der Waals surface area (Å²) >= 11 is 4.65. The van der Waals surface area contributed by atoms with Crippen molar-refractivity contribution >= 4 is 50.3 Å². The highest BCUT2D eigenvalue weighted by Gasteiger charge is 2.12. The summed E-state index contributed by atoms with van der Waals surface area (Å²) in [5.74, 6) is 0.498. The average molecular weight is 458 g/mol. The van der Waals surface area contributed by atoms with Crippen LogP contribution in [0.5, 0.6) is 0 Å². The number of nitrogens with zero attached hydrogens (tertiary/aromatic N) is 4. The molecule has 0 aliphatic carbocycles. The number of rotatable bonds is 6. The van der Waals surface area contributed by atoms with Gasteiger partial charge in [-0.3, -0.25) is 4.79 Å². The molecule has 0 aliphatic heterocycles. The Balaban J connectivity index is 1.35. The van der Waals surface area contributed by atoms with Crippen molar-refractivity contribution in [1.29, 1.82) is 0 Å². The van der Waals surface area contributed by atoms with E-state index in [-0.39, 0.29) is 11.7 Å². The number of nitrogens with one attached hydrogen (secondary N) is 1. The van der Waals surface area contributed by atoms with Gasteiger partial charge in [-0.05, 0) is 52.7 Å². The molecule has 0 saturated carbocycles. The minimum absolute atomic E-state index is 0.144. The number of imidazole rings is 1. The molecule has 4 aromatic rings. The van der Waals surface area contributed by atoms with Gasteiger partial charge in [0, 0.05) is 4.47 Å². The fourth-order valence-electron chi connectivity index (χ4n) is 2.68. The molecule has 0 unspecified atom stereocenters. The predicted octanol–water partition coefficient (Wildman–Crippen LogP) is 4.27. The summed E-state index contributed by atoms with van der Waals surface area (Å²) in [6.45, 7) is 2.42. The Morgan fingerprint density at radius 3 is 2.96 bits per heavy atom. The third kappa shape index (κ3) is 4.26. The molecule has 4 rings (SSSR count). The molecule has 2 aromatic heterocycles. The molecule has 0 spiro atoms.